The first kappa shape index (κ1) is 11.8. The fraction of sp³-hybridized carbons (Fsp3) is 1.00. The van der Waals surface area contributed by atoms with Crippen LogP contribution in [-0.2, 0) is 19.2 Å². The molecule has 1 heterocycles. The third kappa shape index (κ3) is 4.66. The largest absolute Gasteiger partial charge is 0.351 e. The molecule has 1 rings (SSSR count). The molecular formula is C6H15NO4S. The standard InChI is InChI=1S/C5H11NO4S.CH4/c6-11(7,8)10-5-3-1-2-4-9-5;/h5H,1-4H2,(H2,6,7,8);1H4. The Morgan fingerprint density at radius 1 is 1.42 bits per heavy atom. The van der Waals surface area contributed by atoms with Crippen LogP contribution in [0.15, 0.2) is 0 Å². The second kappa shape index (κ2) is 4.76. The Morgan fingerprint density at radius 3 is 2.50 bits per heavy atom. The van der Waals surface area contributed by atoms with Gasteiger partial charge in [-0.05, 0) is 19.3 Å². The summed E-state index contributed by atoms with van der Waals surface area (Å²) in [5.74, 6) is 0. The van der Waals surface area contributed by atoms with Gasteiger partial charge in [-0.25, -0.2) is 9.32 Å². The first-order valence-electron chi connectivity index (χ1n) is 3.40. The molecule has 0 bridgehead atoms. The molecule has 2 N–H and O–H groups in total. The van der Waals surface area contributed by atoms with E-state index in [2.05, 4.69) is 9.32 Å². The van der Waals surface area contributed by atoms with Crippen molar-refractivity contribution in [1.29, 1.82) is 0 Å². The minimum Gasteiger partial charge on any atom is -0.351 e. The fourth-order valence-corrected chi connectivity index (χ4v) is 1.39. The molecule has 74 valence electrons. The van der Waals surface area contributed by atoms with Crippen LogP contribution >= 0.6 is 0 Å². The highest BCUT2D eigenvalue weighted by molar-refractivity contribution is 7.84. The highest BCUT2D eigenvalue weighted by atomic mass is 32.2. The zero-order valence-electron chi connectivity index (χ0n) is 6.02. The van der Waals surface area contributed by atoms with E-state index in [1.165, 1.54) is 0 Å². The maximum absolute atomic E-state index is 10.4. The summed E-state index contributed by atoms with van der Waals surface area (Å²) in [6.45, 7) is 0.542. The average molecular weight is 197 g/mol. The van der Waals surface area contributed by atoms with Crippen LogP contribution in [-0.4, -0.2) is 21.3 Å². The molecule has 1 aliphatic rings. The molecule has 6 heteroatoms. The Kier molecular flexibility index (Phi) is 4.69. The van der Waals surface area contributed by atoms with Crippen molar-refractivity contribution in [2.45, 2.75) is 33.0 Å². The van der Waals surface area contributed by atoms with Gasteiger partial charge in [0.15, 0.2) is 6.29 Å². The van der Waals surface area contributed by atoms with Crippen LogP contribution in [0, 0.1) is 0 Å². The Balaban J connectivity index is 0.00000121. The minimum absolute atomic E-state index is 0. The monoisotopic (exact) mass is 197 g/mol. The smallest absolute Gasteiger partial charge is 0.335 e. The first-order chi connectivity index (χ1) is 5.08. The maximum Gasteiger partial charge on any atom is 0.335 e. The normalized spacial score (nSPS) is 24.6. The number of nitrogens with two attached hydrogens (primary N) is 1. The maximum atomic E-state index is 10.4. The number of ether oxygens (including phenoxy) is 1. The van der Waals surface area contributed by atoms with Gasteiger partial charge in [0.05, 0.1) is 0 Å². The van der Waals surface area contributed by atoms with Crippen LogP contribution in [0.4, 0.5) is 0 Å². The first-order valence-corrected chi connectivity index (χ1v) is 4.88. The van der Waals surface area contributed by atoms with Crippen LogP contribution in [0.2, 0.25) is 0 Å². The molecule has 1 fully saturated rings. The summed E-state index contributed by atoms with van der Waals surface area (Å²) in [6, 6.07) is 0. The third-order valence-electron chi connectivity index (χ3n) is 1.38. The molecule has 0 aromatic heterocycles. The van der Waals surface area contributed by atoms with E-state index in [4.69, 9.17) is 4.74 Å². The number of hydrogen-bond donors (Lipinski definition) is 1. The van der Waals surface area contributed by atoms with Gasteiger partial charge >= 0.3 is 10.3 Å². The van der Waals surface area contributed by atoms with Crippen LogP contribution in [0.5, 0.6) is 0 Å². The molecule has 1 atom stereocenters. The van der Waals surface area contributed by atoms with Gasteiger partial charge in [0.1, 0.15) is 0 Å². The lowest BCUT2D eigenvalue weighted by atomic mass is 10.2. The third-order valence-corrected chi connectivity index (χ3v) is 1.86. The van der Waals surface area contributed by atoms with Crippen molar-refractivity contribution in [3.8, 4) is 0 Å². The second-order valence-electron chi connectivity index (χ2n) is 2.39. The molecule has 0 amide bonds. The molecule has 12 heavy (non-hydrogen) atoms. The van der Waals surface area contributed by atoms with Crippen molar-refractivity contribution in [1.82, 2.24) is 0 Å². The summed E-state index contributed by atoms with van der Waals surface area (Å²) in [6.07, 6.45) is 1.79. The van der Waals surface area contributed by atoms with E-state index in [1.807, 2.05) is 0 Å². The topological polar surface area (TPSA) is 78.6 Å². The Labute approximate surface area is 73.1 Å². The molecule has 5 nitrogen and oxygen atoms in total. The molecule has 0 saturated carbocycles. The summed E-state index contributed by atoms with van der Waals surface area (Å²) in [5.41, 5.74) is 0. The number of hydrogen-bond acceptors (Lipinski definition) is 4. The van der Waals surface area contributed by atoms with Gasteiger partial charge in [-0.1, -0.05) is 7.43 Å². The van der Waals surface area contributed by atoms with Crippen LogP contribution < -0.4 is 5.14 Å². The molecule has 1 unspecified atom stereocenters. The summed E-state index contributed by atoms with van der Waals surface area (Å²) >= 11 is 0. The lowest BCUT2D eigenvalue weighted by Gasteiger charge is -2.20. The van der Waals surface area contributed by atoms with Gasteiger partial charge in [0.25, 0.3) is 0 Å². The van der Waals surface area contributed by atoms with Crippen molar-refractivity contribution >= 4 is 10.3 Å². The lowest BCUT2D eigenvalue weighted by Crippen LogP contribution is -2.28. The fourth-order valence-electron chi connectivity index (χ4n) is 0.937. The Morgan fingerprint density at radius 2 is 2.08 bits per heavy atom. The minimum atomic E-state index is -3.85. The molecule has 1 saturated heterocycles. The summed E-state index contributed by atoms with van der Waals surface area (Å²) in [5, 5.41) is 4.64. The summed E-state index contributed by atoms with van der Waals surface area (Å²) < 4.78 is 30.1. The van der Waals surface area contributed by atoms with Crippen molar-refractivity contribution in [2.75, 3.05) is 6.61 Å². The molecule has 0 spiro atoms. The summed E-state index contributed by atoms with van der Waals surface area (Å²) in [4.78, 5) is 0. The molecule has 0 aromatic rings. The van der Waals surface area contributed by atoms with E-state index in [9.17, 15) is 8.42 Å². The Bertz CT molecular complexity index is 208. The summed E-state index contributed by atoms with van der Waals surface area (Å²) in [7, 11) is -3.85. The van der Waals surface area contributed by atoms with Gasteiger partial charge in [0, 0.05) is 6.61 Å². The van der Waals surface area contributed by atoms with Crippen LogP contribution in [0.1, 0.15) is 26.7 Å². The highest BCUT2D eigenvalue weighted by Crippen LogP contribution is 2.14. The predicted molar refractivity (Wildman–Crippen MR) is 44.5 cm³/mol. The molecular weight excluding hydrogens is 182 g/mol. The molecule has 0 aliphatic carbocycles. The van der Waals surface area contributed by atoms with Crippen molar-refractivity contribution in [3.05, 3.63) is 0 Å². The van der Waals surface area contributed by atoms with E-state index < -0.39 is 16.6 Å². The van der Waals surface area contributed by atoms with Crippen LogP contribution in [0.3, 0.4) is 0 Å². The zero-order chi connectivity index (χ0) is 8.32. The second-order valence-corrected chi connectivity index (χ2v) is 3.56. The van der Waals surface area contributed by atoms with Crippen molar-refractivity contribution in [2.24, 2.45) is 5.14 Å². The average Bonchev–Trinajstić information content (AvgIpc) is 1.85. The molecule has 0 aromatic carbocycles. The van der Waals surface area contributed by atoms with E-state index in [1.54, 1.807) is 0 Å². The van der Waals surface area contributed by atoms with E-state index in [0.29, 0.717) is 13.0 Å². The molecule has 1 aliphatic heterocycles. The van der Waals surface area contributed by atoms with Gasteiger partial charge in [-0.2, -0.15) is 8.42 Å². The van der Waals surface area contributed by atoms with Crippen molar-refractivity contribution < 1.29 is 17.3 Å². The van der Waals surface area contributed by atoms with E-state index in [0.717, 1.165) is 12.8 Å². The van der Waals surface area contributed by atoms with Gasteiger partial charge < -0.3 is 4.74 Å². The van der Waals surface area contributed by atoms with Crippen molar-refractivity contribution in [3.63, 3.8) is 0 Å². The predicted octanol–water partition coefficient (Wildman–Crippen LogP) is 0.369. The van der Waals surface area contributed by atoms with Crippen LogP contribution in [0.25, 0.3) is 0 Å². The number of rotatable bonds is 2. The van der Waals surface area contributed by atoms with E-state index >= 15 is 0 Å². The van der Waals surface area contributed by atoms with Gasteiger partial charge in [0.2, 0.25) is 0 Å². The SMILES string of the molecule is C.NS(=O)(=O)OC1CCCCO1. The lowest BCUT2D eigenvalue weighted by molar-refractivity contribution is -0.102. The van der Waals surface area contributed by atoms with Gasteiger partial charge in [-0.3, -0.25) is 0 Å². The van der Waals surface area contributed by atoms with E-state index in [-0.39, 0.29) is 7.43 Å². The quantitative estimate of drug-likeness (QED) is 0.693. The Hall–Kier alpha value is -0.170. The molecule has 0 radical (unpaired) electrons. The zero-order valence-corrected chi connectivity index (χ0v) is 6.84. The van der Waals surface area contributed by atoms with Gasteiger partial charge in [-0.15, -0.1) is 0 Å². The highest BCUT2D eigenvalue weighted by Gasteiger charge is 2.18.